The summed E-state index contributed by atoms with van der Waals surface area (Å²) in [6.45, 7) is 3.09. The Hall–Kier alpha value is -0.0951. The van der Waals surface area contributed by atoms with E-state index in [1.807, 2.05) is 6.92 Å². The summed E-state index contributed by atoms with van der Waals surface area (Å²) in [5.74, 6) is 0.284. The van der Waals surface area contributed by atoms with Crippen molar-refractivity contribution in [2.75, 3.05) is 20.3 Å². The number of hydrogen-bond acceptors (Lipinski definition) is 4. The fourth-order valence-corrected chi connectivity index (χ4v) is 1.79. The molecular weight excluding hydrogens is 169 g/mol. The minimum Gasteiger partial charge on any atom is -0.442 e. The number of rotatable bonds is 4. The van der Waals surface area contributed by atoms with E-state index in [-0.39, 0.29) is 30.8 Å². The van der Waals surface area contributed by atoms with Gasteiger partial charge in [-0.15, -0.1) is 0 Å². The fraction of sp³-hybridized carbons (Fsp3) is 1.00. The van der Waals surface area contributed by atoms with E-state index in [4.69, 9.17) is 18.9 Å². The minimum absolute atomic E-state index is 0.0396. The third-order valence-electron chi connectivity index (χ3n) is 2.59. The largest absolute Gasteiger partial charge is 0.442 e. The summed E-state index contributed by atoms with van der Waals surface area (Å²) < 4.78 is 16.9. The first kappa shape index (κ1) is 9.46. The standard InChI is InChI=1S/C8H16BNO3/c1-5-3-10-6(4-11)8(12-2)7(5)13-9/h5-8,10-11H,3-4H2,1-2H3/t5-,6+,7+,8+/m0/s1/i11D. The number of methoxy groups -OCH3 is 1. The van der Waals surface area contributed by atoms with E-state index in [0.29, 0.717) is 0 Å². The van der Waals surface area contributed by atoms with Crippen LogP contribution in [0.5, 0.6) is 0 Å². The van der Waals surface area contributed by atoms with Crippen molar-refractivity contribution in [3.63, 3.8) is 0 Å². The Morgan fingerprint density at radius 2 is 2.46 bits per heavy atom. The molecule has 0 spiro atoms. The molecule has 5 heteroatoms. The van der Waals surface area contributed by atoms with E-state index in [0.717, 1.165) is 6.54 Å². The SMILES string of the molecule is [2H]OC[C@H]1NC[C@H](C)[C@@H](O[B])[C@@H]1OC. The normalized spacial score (nSPS) is 41.5. The van der Waals surface area contributed by atoms with E-state index in [1.54, 1.807) is 7.11 Å². The van der Waals surface area contributed by atoms with Gasteiger partial charge in [-0.25, -0.2) is 0 Å². The van der Waals surface area contributed by atoms with Gasteiger partial charge in [0.2, 0.25) is 1.43 Å². The molecular formula is C8H16BNO3. The lowest BCUT2D eigenvalue weighted by Gasteiger charge is -2.40. The molecule has 2 N–H and O–H groups in total. The Labute approximate surface area is 81.5 Å². The van der Waals surface area contributed by atoms with Gasteiger partial charge in [-0.2, -0.15) is 0 Å². The average Bonchev–Trinajstić information content (AvgIpc) is 2.20. The van der Waals surface area contributed by atoms with Crippen LogP contribution in [-0.4, -0.2) is 53.1 Å². The van der Waals surface area contributed by atoms with E-state index >= 15 is 0 Å². The zero-order valence-electron chi connectivity index (χ0n) is 9.03. The van der Waals surface area contributed by atoms with Gasteiger partial charge in [-0.05, 0) is 5.92 Å². The van der Waals surface area contributed by atoms with Crippen molar-refractivity contribution in [1.82, 2.24) is 5.32 Å². The molecule has 4 nitrogen and oxygen atoms in total. The predicted molar refractivity (Wildman–Crippen MR) is 49.5 cm³/mol. The lowest BCUT2D eigenvalue weighted by Crippen LogP contribution is -2.59. The smallest absolute Gasteiger partial charge is 0.283 e. The van der Waals surface area contributed by atoms with Gasteiger partial charge in [0.15, 0.2) is 0 Å². The van der Waals surface area contributed by atoms with Crippen LogP contribution in [0.2, 0.25) is 0 Å². The molecule has 1 rings (SSSR count). The van der Waals surface area contributed by atoms with Crippen LogP contribution in [0.4, 0.5) is 0 Å². The van der Waals surface area contributed by atoms with E-state index in [9.17, 15) is 0 Å². The van der Waals surface area contributed by atoms with Gasteiger partial charge in [0.1, 0.15) is 0 Å². The highest BCUT2D eigenvalue weighted by Crippen LogP contribution is 2.20. The Balaban J connectivity index is 2.61. The van der Waals surface area contributed by atoms with Crippen molar-refractivity contribution in [2.45, 2.75) is 25.2 Å². The highest BCUT2D eigenvalue weighted by Gasteiger charge is 2.36. The molecule has 0 unspecified atom stereocenters. The van der Waals surface area contributed by atoms with Crippen molar-refractivity contribution in [2.24, 2.45) is 5.92 Å². The first-order chi connectivity index (χ1) is 6.74. The number of hydrogen-bond donors (Lipinski definition) is 2. The molecule has 1 aliphatic rings. The molecule has 0 saturated carbocycles. The van der Waals surface area contributed by atoms with Gasteiger partial charge < -0.3 is 19.8 Å². The number of piperidine rings is 1. The summed E-state index contributed by atoms with van der Waals surface area (Å²) >= 11 is 0. The zero-order valence-corrected chi connectivity index (χ0v) is 8.03. The Morgan fingerprint density at radius 1 is 1.69 bits per heavy atom. The van der Waals surface area contributed by atoms with Crippen molar-refractivity contribution in [3.8, 4) is 0 Å². The summed E-state index contributed by atoms with van der Waals surface area (Å²) in [6, 6.07) is -0.0396. The molecule has 0 aromatic carbocycles. The van der Waals surface area contributed by atoms with Gasteiger partial charge >= 0.3 is 0 Å². The van der Waals surface area contributed by atoms with Crippen LogP contribution in [0.3, 0.4) is 0 Å². The second kappa shape index (κ2) is 4.95. The molecule has 0 aromatic heterocycles. The zero-order chi connectivity index (χ0) is 10.6. The third-order valence-corrected chi connectivity index (χ3v) is 2.59. The molecule has 1 aliphatic heterocycles. The van der Waals surface area contributed by atoms with Crippen LogP contribution >= 0.6 is 0 Å². The highest BCUT2D eigenvalue weighted by atomic mass is 16.5. The quantitative estimate of drug-likeness (QED) is 0.557. The third kappa shape index (κ3) is 2.23. The van der Waals surface area contributed by atoms with Crippen molar-refractivity contribution in [3.05, 3.63) is 0 Å². The lowest BCUT2D eigenvalue weighted by atomic mass is 9.90. The van der Waals surface area contributed by atoms with Crippen LogP contribution in [0.15, 0.2) is 0 Å². The van der Waals surface area contributed by atoms with E-state index < -0.39 is 0 Å². The first-order valence-electron chi connectivity index (χ1n) is 4.85. The maximum atomic E-state index is 6.71. The van der Waals surface area contributed by atoms with E-state index in [1.165, 1.54) is 0 Å². The molecule has 13 heavy (non-hydrogen) atoms. The Bertz CT molecular complexity index is 175. The summed E-state index contributed by atoms with van der Waals surface area (Å²) in [4.78, 5) is 0. The van der Waals surface area contributed by atoms with Crippen LogP contribution in [0.1, 0.15) is 6.92 Å². The average molecular weight is 186 g/mol. The molecule has 1 heterocycles. The topological polar surface area (TPSA) is 50.7 Å². The van der Waals surface area contributed by atoms with Crippen LogP contribution in [0.25, 0.3) is 0 Å². The Kier molecular flexibility index (Phi) is 3.60. The second-order valence-electron chi connectivity index (χ2n) is 3.46. The monoisotopic (exact) mass is 186 g/mol. The van der Waals surface area contributed by atoms with E-state index in [2.05, 4.69) is 10.4 Å². The highest BCUT2D eigenvalue weighted by molar-refractivity contribution is 5.98. The second-order valence-corrected chi connectivity index (χ2v) is 3.46. The molecule has 0 aromatic rings. The number of aliphatic hydroxyl groups excluding tert-OH is 1. The summed E-state index contributed by atoms with van der Waals surface area (Å²) in [5.41, 5.74) is 0. The molecule has 0 aliphatic carbocycles. The summed E-state index contributed by atoms with van der Waals surface area (Å²) in [5, 5.41) is 7.58. The van der Waals surface area contributed by atoms with Gasteiger partial charge in [0, 0.05) is 13.7 Å². The number of nitrogens with one attached hydrogen (secondary N) is 1. The molecule has 74 valence electrons. The first-order valence-corrected chi connectivity index (χ1v) is 4.44. The van der Waals surface area contributed by atoms with Gasteiger partial charge in [0.05, 0.1) is 24.9 Å². The number of aliphatic hydroxyl groups is 1. The maximum absolute atomic E-state index is 6.71. The molecule has 1 fully saturated rings. The van der Waals surface area contributed by atoms with Gasteiger partial charge in [-0.3, -0.25) is 0 Å². The maximum Gasteiger partial charge on any atom is 0.283 e. The van der Waals surface area contributed by atoms with Crippen LogP contribution < -0.4 is 5.32 Å². The number of ether oxygens (including phenoxy) is 1. The molecule has 2 radical (unpaired) electrons. The molecule has 0 bridgehead atoms. The van der Waals surface area contributed by atoms with Gasteiger partial charge in [-0.1, -0.05) is 6.92 Å². The van der Waals surface area contributed by atoms with Crippen LogP contribution in [0, 0.1) is 5.92 Å². The van der Waals surface area contributed by atoms with Crippen molar-refractivity contribution >= 4 is 8.05 Å². The summed E-state index contributed by atoms with van der Waals surface area (Å²) in [6.07, 6.45) is -0.324. The lowest BCUT2D eigenvalue weighted by molar-refractivity contribution is -0.0702. The molecule has 4 atom stereocenters. The van der Waals surface area contributed by atoms with Gasteiger partial charge in [0.25, 0.3) is 8.05 Å². The summed E-state index contributed by atoms with van der Waals surface area (Å²) in [7, 11) is 6.83. The van der Waals surface area contributed by atoms with Crippen molar-refractivity contribution in [1.29, 1.82) is 1.43 Å². The molecule has 0 amide bonds. The fourth-order valence-electron chi connectivity index (χ4n) is 1.79. The minimum atomic E-state index is -0.172. The predicted octanol–water partition coefficient (Wildman–Crippen LogP) is -0.930. The Morgan fingerprint density at radius 3 is 3.00 bits per heavy atom. The van der Waals surface area contributed by atoms with Crippen LogP contribution in [-0.2, 0) is 9.39 Å². The molecule has 1 saturated heterocycles. The van der Waals surface area contributed by atoms with Crippen molar-refractivity contribution < 1.29 is 14.5 Å².